The molecule has 4 heterocycles. The van der Waals surface area contributed by atoms with Gasteiger partial charge in [0.05, 0.1) is 34.6 Å². The van der Waals surface area contributed by atoms with Crippen LogP contribution in [0.2, 0.25) is 0 Å². The van der Waals surface area contributed by atoms with Crippen LogP contribution in [-0.4, -0.2) is 50.4 Å². The van der Waals surface area contributed by atoms with E-state index in [-0.39, 0.29) is 6.10 Å². The lowest BCUT2D eigenvalue weighted by atomic mass is 10.0. The molecule has 1 saturated heterocycles. The van der Waals surface area contributed by atoms with E-state index in [1.807, 2.05) is 37.3 Å². The summed E-state index contributed by atoms with van der Waals surface area (Å²) in [6.07, 6.45) is 1.89. The van der Waals surface area contributed by atoms with Crippen molar-refractivity contribution in [1.82, 2.24) is 25.1 Å². The van der Waals surface area contributed by atoms with Gasteiger partial charge in [0, 0.05) is 36.5 Å². The highest BCUT2D eigenvalue weighted by atomic mass is 16.5. The Morgan fingerprint density at radius 1 is 1.11 bits per heavy atom. The van der Waals surface area contributed by atoms with Crippen LogP contribution < -0.4 is 9.64 Å². The van der Waals surface area contributed by atoms with Gasteiger partial charge >= 0.3 is 0 Å². The Hall–Kier alpha value is -3.91. The molecule has 6 rings (SSSR count). The maximum atomic E-state index is 6.17. The fourth-order valence-electron chi connectivity index (χ4n) is 4.73. The molecule has 2 aromatic carbocycles. The summed E-state index contributed by atoms with van der Waals surface area (Å²) >= 11 is 0. The number of nitrogens with one attached hydrogen (secondary N) is 2. The number of morpholine rings is 1. The third kappa shape index (κ3) is 4.07. The summed E-state index contributed by atoms with van der Waals surface area (Å²) < 4.78 is 12.2. The highest BCUT2D eigenvalue weighted by molar-refractivity contribution is 5.97. The summed E-state index contributed by atoms with van der Waals surface area (Å²) in [7, 11) is 0. The van der Waals surface area contributed by atoms with Gasteiger partial charge in [0.1, 0.15) is 11.4 Å². The van der Waals surface area contributed by atoms with E-state index >= 15 is 0 Å². The van der Waals surface area contributed by atoms with Gasteiger partial charge in [-0.1, -0.05) is 19.9 Å². The zero-order valence-electron chi connectivity index (χ0n) is 20.9. The quantitative estimate of drug-likeness (QED) is 0.329. The molecule has 8 nitrogen and oxygen atoms in total. The zero-order valence-corrected chi connectivity index (χ0v) is 20.9. The molecule has 183 valence electrons. The van der Waals surface area contributed by atoms with Gasteiger partial charge in [0.25, 0.3) is 0 Å². The first-order valence-electron chi connectivity index (χ1n) is 12.2. The number of aromatic amines is 2. The maximum absolute atomic E-state index is 6.17. The molecular formula is C28H29N6O2. The third-order valence-corrected chi connectivity index (χ3v) is 6.75. The number of ether oxygens (including phenoxy) is 2. The average molecular weight is 482 g/mol. The van der Waals surface area contributed by atoms with Gasteiger partial charge in [0.2, 0.25) is 5.88 Å². The van der Waals surface area contributed by atoms with Crippen molar-refractivity contribution in [2.75, 3.05) is 18.1 Å². The minimum absolute atomic E-state index is 0.144. The standard InChI is InChI=1S/C28H29N6O2/c1-16(2)24-14-34(18(4)15-35-24)19-8-9-20-22(13-19)31-28(30-20)27-26-21(32-33-27)6-5-7-23(26)36-25-12-17(3)10-11-29-25/h5-13,18,24H,14-15H2,1-4H3,(H,30,31)(H,32,33). The van der Waals surface area contributed by atoms with Gasteiger partial charge in [-0.3, -0.25) is 5.10 Å². The van der Waals surface area contributed by atoms with Crippen molar-refractivity contribution in [1.29, 1.82) is 0 Å². The summed E-state index contributed by atoms with van der Waals surface area (Å²) in [4.78, 5) is 15.1. The Morgan fingerprint density at radius 2 is 2.00 bits per heavy atom. The van der Waals surface area contributed by atoms with Gasteiger partial charge in [-0.05, 0) is 55.8 Å². The van der Waals surface area contributed by atoms with Crippen LogP contribution in [0.5, 0.6) is 11.6 Å². The largest absolute Gasteiger partial charge is 0.438 e. The van der Waals surface area contributed by atoms with E-state index in [1.165, 1.54) is 5.92 Å². The van der Waals surface area contributed by atoms with Crippen LogP contribution in [0.15, 0.2) is 54.7 Å². The Morgan fingerprint density at radius 3 is 2.83 bits per heavy atom. The summed E-state index contributed by atoms with van der Waals surface area (Å²) in [5.41, 5.74) is 5.67. The van der Waals surface area contributed by atoms with Crippen molar-refractivity contribution in [3.8, 4) is 23.1 Å². The Labute approximate surface area is 209 Å². The molecule has 5 aromatic rings. The number of aromatic nitrogens is 5. The number of pyridine rings is 1. The van der Waals surface area contributed by atoms with Crippen LogP contribution in [-0.2, 0) is 4.74 Å². The van der Waals surface area contributed by atoms with Crippen molar-refractivity contribution in [2.45, 2.75) is 39.8 Å². The normalized spacial score (nSPS) is 18.4. The second kappa shape index (κ2) is 8.95. The highest BCUT2D eigenvalue weighted by Crippen LogP contribution is 2.36. The van der Waals surface area contributed by atoms with Gasteiger partial charge in [-0.2, -0.15) is 5.10 Å². The van der Waals surface area contributed by atoms with Crippen molar-refractivity contribution >= 4 is 27.6 Å². The SMILES string of the molecule is C[C](C)C1CN(c2ccc3nc(-c4n[nH]c5cccc(Oc6cc(C)ccn6)c45)[nH]c3c2)C(C)CO1. The lowest BCUT2D eigenvalue weighted by Gasteiger charge is -2.41. The average Bonchev–Trinajstić information content (AvgIpc) is 3.48. The molecule has 8 heteroatoms. The van der Waals surface area contributed by atoms with E-state index in [4.69, 9.17) is 14.5 Å². The van der Waals surface area contributed by atoms with Crippen LogP contribution >= 0.6 is 0 Å². The van der Waals surface area contributed by atoms with Gasteiger partial charge in [0.15, 0.2) is 5.82 Å². The monoisotopic (exact) mass is 481 g/mol. The molecule has 1 aliphatic rings. The van der Waals surface area contributed by atoms with Crippen LogP contribution in [0.4, 0.5) is 5.69 Å². The fraction of sp³-hybridized carbons (Fsp3) is 0.286. The smallest absolute Gasteiger partial charge is 0.219 e. The van der Waals surface area contributed by atoms with Gasteiger partial charge in [-0.15, -0.1) is 0 Å². The number of benzene rings is 2. The summed E-state index contributed by atoms with van der Waals surface area (Å²) in [5, 5.41) is 8.56. The van der Waals surface area contributed by atoms with Crippen LogP contribution in [0.25, 0.3) is 33.5 Å². The molecule has 0 spiro atoms. The number of aryl methyl sites for hydroxylation is 1. The molecule has 1 aliphatic heterocycles. The Bertz CT molecular complexity index is 1540. The van der Waals surface area contributed by atoms with Crippen LogP contribution in [0.1, 0.15) is 26.3 Å². The second-order valence-corrected chi connectivity index (χ2v) is 9.71. The van der Waals surface area contributed by atoms with E-state index < -0.39 is 0 Å². The highest BCUT2D eigenvalue weighted by Gasteiger charge is 2.28. The number of hydrogen-bond donors (Lipinski definition) is 2. The van der Waals surface area contributed by atoms with E-state index in [1.54, 1.807) is 6.20 Å². The molecule has 1 fully saturated rings. The number of anilines is 1. The van der Waals surface area contributed by atoms with E-state index in [2.05, 4.69) is 64.0 Å². The van der Waals surface area contributed by atoms with Gasteiger partial charge < -0.3 is 19.4 Å². The first kappa shape index (κ1) is 22.5. The number of fused-ring (bicyclic) bond motifs is 2. The number of imidazole rings is 1. The maximum Gasteiger partial charge on any atom is 0.219 e. The molecule has 2 N–H and O–H groups in total. The lowest BCUT2D eigenvalue weighted by molar-refractivity contribution is 0.0323. The number of hydrogen-bond acceptors (Lipinski definition) is 6. The first-order chi connectivity index (χ1) is 17.5. The van der Waals surface area contributed by atoms with Crippen LogP contribution in [0, 0.1) is 12.8 Å². The number of rotatable bonds is 5. The Balaban J connectivity index is 1.37. The van der Waals surface area contributed by atoms with E-state index in [9.17, 15) is 0 Å². The molecule has 2 unspecified atom stereocenters. The van der Waals surface area contributed by atoms with Crippen LogP contribution in [0.3, 0.4) is 0 Å². The molecule has 2 atom stereocenters. The van der Waals surface area contributed by atoms with E-state index in [0.29, 0.717) is 35.8 Å². The predicted molar refractivity (Wildman–Crippen MR) is 141 cm³/mol. The molecule has 0 bridgehead atoms. The first-order valence-corrected chi connectivity index (χ1v) is 12.2. The predicted octanol–water partition coefficient (Wildman–Crippen LogP) is 5.81. The van der Waals surface area contributed by atoms with Crippen molar-refractivity contribution < 1.29 is 9.47 Å². The Kier molecular flexibility index (Phi) is 5.60. The topological polar surface area (TPSA) is 92.0 Å². The van der Waals surface area contributed by atoms with Gasteiger partial charge in [-0.25, -0.2) is 9.97 Å². The number of H-pyrrole nitrogens is 2. The molecular weight excluding hydrogens is 452 g/mol. The minimum atomic E-state index is 0.144. The summed E-state index contributed by atoms with van der Waals surface area (Å²) in [5.74, 6) is 3.20. The minimum Gasteiger partial charge on any atom is -0.438 e. The van der Waals surface area contributed by atoms with E-state index in [0.717, 1.165) is 39.7 Å². The molecule has 0 aliphatic carbocycles. The fourth-order valence-corrected chi connectivity index (χ4v) is 4.73. The third-order valence-electron chi connectivity index (χ3n) is 6.75. The number of nitrogens with zero attached hydrogens (tertiary/aromatic N) is 4. The van der Waals surface area contributed by atoms with Crippen molar-refractivity contribution in [3.63, 3.8) is 0 Å². The summed E-state index contributed by atoms with van der Waals surface area (Å²) in [6, 6.07) is 16.4. The second-order valence-electron chi connectivity index (χ2n) is 9.71. The lowest BCUT2D eigenvalue weighted by Crippen LogP contribution is -2.49. The van der Waals surface area contributed by atoms with Crippen molar-refractivity contribution in [2.24, 2.45) is 0 Å². The molecule has 0 amide bonds. The molecule has 36 heavy (non-hydrogen) atoms. The zero-order chi connectivity index (χ0) is 24.8. The molecule has 0 saturated carbocycles. The molecule has 3 aromatic heterocycles. The molecule has 1 radical (unpaired) electrons. The van der Waals surface area contributed by atoms with Crippen molar-refractivity contribution in [3.05, 3.63) is 66.2 Å². The summed E-state index contributed by atoms with van der Waals surface area (Å²) in [6.45, 7) is 10.0.